The van der Waals surface area contributed by atoms with Crippen LogP contribution in [-0.2, 0) is 0 Å². The number of rotatable bonds is 3. The third-order valence-corrected chi connectivity index (χ3v) is 4.12. The van der Waals surface area contributed by atoms with Crippen molar-refractivity contribution in [3.8, 4) is 11.1 Å². The molecule has 0 atom stereocenters. The summed E-state index contributed by atoms with van der Waals surface area (Å²) in [5.41, 5.74) is 8.30. The second kappa shape index (κ2) is 5.83. The van der Waals surface area contributed by atoms with Crippen LogP contribution in [0.25, 0.3) is 11.1 Å². The molecule has 0 heterocycles. The molecule has 2 aromatic carbocycles. The van der Waals surface area contributed by atoms with Crippen LogP contribution < -0.4 is 0 Å². The molecule has 0 aromatic heterocycles. The standard InChI is InChI=1S/C20H25/c1-13(2)17-10-8-12-19(20(17)14(3)4)18-11-7-9-15(5)16(18)6/h7-9,11-14H,1-6H3. The Morgan fingerprint density at radius 2 is 1.55 bits per heavy atom. The minimum atomic E-state index is 0.512. The zero-order chi connectivity index (χ0) is 14.9. The van der Waals surface area contributed by atoms with E-state index in [9.17, 15) is 0 Å². The van der Waals surface area contributed by atoms with Gasteiger partial charge in [-0.3, -0.25) is 0 Å². The minimum absolute atomic E-state index is 0.512. The van der Waals surface area contributed by atoms with Gasteiger partial charge in [0.1, 0.15) is 0 Å². The molecule has 0 heteroatoms. The molecule has 2 rings (SSSR count). The number of benzene rings is 2. The fourth-order valence-electron chi connectivity index (χ4n) is 2.90. The molecule has 0 nitrogen and oxygen atoms in total. The Morgan fingerprint density at radius 1 is 0.850 bits per heavy atom. The first-order valence-electron chi connectivity index (χ1n) is 7.54. The van der Waals surface area contributed by atoms with Crippen molar-refractivity contribution in [1.82, 2.24) is 0 Å². The molecule has 1 radical (unpaired) electrons. The van der Waals surface area contributed by atoms with E-state index in [0.29, 0.717) is 11.8 Å². The lowest BCUT2D eigenvalue weighted by molar-refractivity contribution is 0.790. The van der Waals surface area contributed by atoms with Crippen LogP contribution in [-0.4, -0.2) is 0 Å². The van der Waals surface area contributed by atoms with Gasteiger partial charge in [-0.25, -0.2) is 0 Å². The Morgan fingerprint density at radius 3 is 2.15 bits per heavy atom. The lowest BCUT2D eigenvalue weighted by Crippen LogP contribution is -2.02. The molecule has 0 aliphatic carbocycles. The summed E-state index contributed by atoms with van der Waals surface area (Å²) in [5.74, 6) is 1.03. The van der Waals surface area contributed by atoms with Crippen LogP contribution in [0, 0.1) is 19.9 Å². The van der Waals surface area contributed by atoms with Gasteiger partial charge in [-0.15, -0.1) is 0 Å². The Hall–Kier alpha value is -1.56. The molecule has 0 N–H and O–H groups in total. The number of aryl methyl sites for hydroxylation is 1. The Bertz CT molecular complexity index is 603. The van der Waals surface area contributed by atoms with Gasteiger partial charge in [0, 0.05) is 0 Å². The maximum Gasteiger partial charge on any atom is -0.0143 e. The van der Waals surface area contributed by atoms with Gasteiger partial charge < -0.3 is 0 Å². The first kappa shape index (κ1) is 14.8. The summed E-state index contributed by atoms with van der Waals surface area (Å²) in [6.07, 6.45) is 0. The second-order valence-electron chi connectivity index (χ2n) is 6.28. The number of hydrogen-bond acceptors (Lipinski definition) is 0. The van der Waals surface area contributed by atoms with E-state index in [0.717, 1.165) is 0 Å². The maximum atomic E-state index is 3.46. The van der Waals surface area contributed by atoms with E-state index in [-0.39, 0.29) is 0 Å². The van der Waals surface area contributed by atoms with Crippen LogP contribution >= 0.6 is 0 Å². The molecular weight excluding hydrogens is 240 g/mol. The van der Waals surface area contributed by atoms with Crippen molar-refractivity contribution in [2.75, 3.05) is 0 Å². The molecule has 0 bridgehead atoms. The van der Waals surface area contributed by atoms with E-state index in [1.165, 1.54) is 33.4 Å². The Kier molecular flexibility index (Phi) is 4.32. The fourth-order valence-corrected chi connectivity index (χ4v) is 2.90. The van der Waals surface area contributed by atoms with E-state index in [4.69, 9.17) is 0 Å². The van der Waals surface area contributed by atoms with Gasteiger partial charge in [-0.2, -0.15) is 0 Å². The summed E-state index contributed by atoms with van der Waals surface area (Å²) in [5, 5.41) is 0. The zero-order valence-corrected chi connectivity index (χ0v) is 13.5. The van der Waals surface area contributed by atoms with Gasteiger partial charge in [0.15, 0.2) is 0 Å². The maximum absolute atomic E-state index is 3.46. The first-order valence-corrected chi connectivity index (χ1v) is 7.54. The van der Waals surface area contributed by atoms with Crippen molar-refractivity contribution in [1.29, 1.82) is 0 Å². The van der Waals surface area contributed by atoms with E-state index in [2.05, 4.69) is 77.9 Å². The van der Waals surface area contributed by atoms with Crippen molar-refractivity contribution in [2.24, 2.45) is 0 Å². The van der Waals surface area contributed by atoms with E-state index in [1.54, 1.807) is 0 Å². The SMILES string of the molecule is Cc1cccc(-c2cc[c]c(C(C)C)c2C(C)C)c1C. The summed E-state index contributed by atoms with van der Waals surface area (Å²) in [4.78, 5) is 0. The smallest absolute Gasteiger partial charge is 0.0143 e. The molecule has 20 heavy (non-hydrogen) atoms. The van der Waals surface area contributed by atoms with Crippen molar-refractivity contribution >= 4 is 0 Å². The van der Waals surface area contributed by atoms with Crippen molar-refractivity contribution < 1.29 is 0 Å². The highest BCUT2D eigenvalue weighted by Crippen LogP contribution is 2.36. The van der Waals surface area contributed by atoms with Crippen LogP contribution in [0.2, 0.25) is 0 Å². The van der Waals surface area contributed by atoms with Crippen LogP contribution in [0.1, 0.15) is 61.8 Å². The third kappa shape index (κ3) is 2.65. The summed E-state index contributed by atoms with van der Waals surface area (Å²) in [6, 6.07) is 14.4. The molecule has 0 aliphatic heterocycles. The van der Waals surface area contributed by atoms with Gasteiger partial charge in [0.2, 0.25) is 0 Å². The summed E-state index contributed by atoms with van der Waals surface area (Å²) in [7, 11) is 0. The zero-order valence-electron chi connectivity index (χ0n) is 13.5. The monoisotopic (exact) mass is 265 g/mol. The third-order valence-electron chi connectivity index (χ3n) is 4.12. The molecule has 0 saturated carbocycles. The largest absolute Gasteiger partial charge is 0.0614 e. The van der Waals surface area contributed by atoms with Crippen LogP contribution in [0.3, 0.4) is 0 Å². The highest BCUT2D eigenvalue weighted by atomic mass is 14.2. The van der Waals surface area contributed by atoms with Gasteiger partial charge in [-0.1, -0.05) is 58.0 Å². The van der Waals surface area contributed by atoms with Crippen LogP contribution in [0.15, 0.2) is 30.3 Å². The highest BCUT2D eigenvalue weighted by Gasteiger charge is 2.16. The Labute approximate surface area is 123 Å². The molecule has 2 aromatic rings. The van der Waals surface area contributed by atoms with Crippen molar-refractivity contribution in [2.45, 2.75) is 53.4 Å². The van der Waals surface area contributed by atoms with Crippen LogP contribution in [0.5, 0.6) is 0 Å². The fraction of sp³-hybridized carbons (Fsp3) is 0.400. The van der Waals surface area contributed by atoms with Crippen molar-refractivity contribution in [3.63, 3.8) is 0 Å². The van der Waals surface area contributed by atoms with E-state index < -0.39 is 0 Å². The predicted molar refractivity (Wildman–Crippen MR) is 88.4 cm³/mol. The minimum Gasteiger partial charge on any atom is -0.0614 e. The van der Waals surface area contributed by atoms with Crippen LogP contribution in [0.4, 0.5) is 0 Å². The summed E-state index contributed by atoms with van der Waals surface area (Å²) in [6.45, 7) is 13.5. The average Bonchev–Trinajstić information content (AvgIpc) is 2.40. The molecule has 0 unspecified atom stereocenters. The molecule has 0 fully saturated rings. The topological polar surface area (TPSA) is 0 Å². The normalized spacial score (nSPS) is 11.4. The molecular formula is C20H25. The van der Waals surface area contributed by atoms with Gasteiger partial charge >= 0.3 is 0 Å². The molecule has 0 aliphatic rings. The lowest BCUT2D eigenvalue weighted by Gasteiger charge is -2.21. The molecule has 0 spiro atoms. The predicted octanol–water partition coefficient (Wildman–Crippen LogP) is 6.02. The highest BCUT2D eigenvalue weighted by molar-refractivity contribution is 5.73. The average molecular weight is 265 g/mol. The van der Waals surface area contributed by atoms with Gasteiger partial charge in [0.05, 0.1) is 0 Å². The molecule has 105 valence electrons. The van der Waals surface area contributed by atoms with Gasteiger partial charge in [-0.05, 0) is 65.1 Å². The number of hydrogen-bond donors (Lipinski definition) is 0. The Balaban J connectivity index is 2.74. The van der Waals surface area contributed by atoms with Crippen molar-refractivity contribution in [3.05, 3.63) is 58.7 Å². The second-order valence-corrected chi connectivity index (χ2v) is 6.28. The van der Waals surface area contributed by atoms with E-state index in [1.807, 2.05) is 0 Å². The molecule has 0 amide bonds. The van der Waals surface area contributed by atoms with E-state index >= 15 is 0 Å². The van der Waals surface area contributed by atoms with Gasteiger partial charge in [0.25, 0.3) is 0 Å². The quantitative estimate of drug-likeness (QED) is 0.636. The lowest BCUT2D eigenvalue weighted by atomic mass is 9.83. The molecule has 0 saturated heterocycles. The summed E-state index contributed by atoms with van der Waals surface area (Å²) >= 11 is 0. The summed E-state index contributed by atoms with van der Waals surface area (Å²) < 4.78 is 0. The first-order chi connectivity index (χ1) is 9.43.